The van der Waals surface area contributed by atoms with E-state index in [1.165, 1.54) is 17.2 Å². The number of carbonyl (C=O) groups excluding carboxylic acids is 2. The summed E-state index contributed by atoms with van der Waals surface area (Å²) in [7, 11) is 0. The quantitative estimate of drug-likeness (QED) is 0.710. The average Bonchev–Trinajstić information content (AvgIpc) is 3.16. The summed E-state index contributed by atoms with van der Waals surface area (Å²) in [6.45, 7) is 1.68. The van der Waals surface area contributed by atoms with Gasteiger partial charge in [-0.05, 0) is 37.1 Å². The van der Waals surface area contributed by atoms with E-state index in [-0.39, 0.29) is 24.2 Å². The molecule has 10 heteroatoms. The summed E-state index contributed by atoms with van der Waals surface area (Å²) < 4.78 is 39.1. The van der Waals surface area contributed by atoms with E-state index >= 15 is 0 Å². The number of hydrogen-bond acceptors (Lipinski definition) is 4. The predicted molar refractivity (Wildman–Crippen MR) is 113 cm³/mol. The summed E-state index contributed by atoms with van der Waals surface area (Å²) in [6, 6.07) is 10.6. The molecule has 0 bridgehead atoms. The van der Waals surface area contributed by atoms with Crippen molar-refractivity contribution in [2.75, 3.05) is 11.9 Å². The van der Waals surface area contributed by atoms with Crippen LogP contribution in [0.3, 0.4) is 0 Å². The number of anilines is 1. The highest BCUT2D eigenvalue weighted by molar-refractivity contribution is 6.31. The number of hydrazine groups is 1. The summed E-state index contributed by atoms with van der Waals surface area (Å²) in [5.74, 6) is -0.884. The molecule has 2 amide bonds. The van der Waals surface area contributed by atoms with Gasteiger partial charge in [-0.1, -0.05) is 41.4 Å². The molecular weight excluding hydrogens is 445 g/mol. The Bertz CT molecular complexity index is 1070. The zero-order valence-corrected chi connectivity index (χ0v) is 17.7. The van der Waals surface area contributed by atoms with Crippen LogP contribution in [0.5, 0.6) is 0 Å². The van der Waals surface area contributed by atoms with Crippen LogP contribution in [0.1, 0.15) is 29.2 Å². The minimum absolute atomic E-state index is 0.0437. The Morgan fingerprint density at radius 3 is 2.59 bits per heavy atom. The second-order valence-corrected chi connectivity index (χ2v) is 8.16. The number of alkyl halides is 3. The number of benzene rings is 2. The van der Waals surface area contributed by atoms with E-state index in [4.69, 9.17) is 11.6 Å². The zero-order chi connectivity index (χ0) is 23.0. The standard InChI is InChI=1S/C22H20ClF3N4O2/c1-13-2-4-14(5-3-13)18-11-19-21(32)29(8-9-30(19)28-18)12-20(31)27-15-6-7-17(23)16(10-15)22(24,25)26/h2-10,18-19,28H,11-12H2,1H3,(H,27,31). The van der Waals surface area contributed by atoms with Crippen molar-refractivity contribution in [3.05, 3.63) is 76.6 Å². The number of hydrogen-bond donors (Lipinski definition) is 2. The molecule has 2 N–H and O–H groups in total. The third-order valence-electron chi connectivity index (χ3n) is 5.42. The van der Waals surface area contributed by atoms with Crippen LogP contribution in [0.25, 0.3) is 0 Å². The molecule has 0 aromatic heterocycles. The number of rotatable bonds is 4. The highest BCUT2D eigenvalue weighted by Crippen LogP contribution is 2.36. The molecule has 2 aliphatic heterocycles. The van der Waals surface area contributed by atoms with Crippen molar-refractivity contribution < 1.29 is 22.8 Å². The molecule has 6 nitrogen and oxygen atoms in total. The van der Waals surface area contributed by atoms with Gasteiger partial charge < -0.3 is 15.2 Å². The van der Waals surface area contributed by atoms with Crippen molar-refractivity contribution in [1.29, 1.82) is 0 Å². The van der Waals surface area contributed by atoms with Gasteiger partial charge in [-0.2, -0.15) is 13.2 Å². The summed E-state index contributed by atoms with van der Waals surface area (Å²) in [5.41, 5.74) is 4.38. The number of nitrogens with zero attached hydrogens (tertiary/aromatic N) is 2. The van der Waals surface area contributed by atoms with E-state index in [2.05, 4.69) is 10.7 Å². The van der Waals surface area contributed by atoms with Crippen molar-refractivity contribution in [1.82, 2.24) is 15.3 Å². The van der Waals surface area contributed by atoms with Crippen molar-refractivity contribution in [2.24, 2.45) is 0 Å². The Morgan fingerprint density at radius 2 is 1.91 bits per heavy atom. The lowest BCUT2D eigenvalue weighted by Gasteiger charge is -2.31. The molecule has 0 spiro atoms. The molecule has 32 heavy (non-hydrogen) atoms. The Balaban J connectivity index is 1.40. The van der Waals surface area contributed by atoms with Crippen LogP contribution in [-0.4, -0.2) is 34.3 Å². The summed E-state index contributed by atoms with van der Waals surface area (Å²) in [5, 5.41) is 3.66. The Morgan fingerprint density at radius 1 is 1.19 bits per heavy atom. The number of amides is 2. The van der Waals surface area contributed by atoms with Crippen molar-refractivity contribution in [3.63, 3.8) is 0 Å². The van der Waals surface area contributed by atoms with Gasteiger partial charge in [-0.3, -0.25) is 9.59 Å². The molecule has 2 unspecified atom stereocenters. The van der Waals surface area contributed by atoms with E-state index in [1.54, 1.807) is 11.2 Å². The molecule has 0 aliphatic carbocycles. The van der Waals surface area contributed by atoms with Crippen LogP contribution in [0.4, 0.5) is 18.9 Å². The number of aryl methyl sites for hydroxylation is 1. The van der Waals surface area contributed by atoms with Gasteiger partial charge in [0.15, 0.2) is 0 Å². The van der Waals surface area contributed by atoms with Crippen LogP contribution < -0.4 is 10.7 Å². The monoisotopic (exact) mass is 464 g/mol. The highest BCUT2D eigenvalue weighted by Gasteiger charge is 2.40. The first-order valence-corrected chi connectivity index (χ1v) is 10.3. The third-order valence-corrected chi connectivity index (χ3v) is 5.75. The van der Waals surface area contributed by atoms with E-state index in [1.807, 2.05) is 31.2 Å². The molecule has 168 valence electrons. The summed E-state index contributed by atoms with van der Waals surface area (Å²) >= 11 is 5.60. The number of nitrogens with one attached hydrogen (secondary N) is 2. The molecular formula is C22H20ClF3N4O2. The van der Waals surface area contributed by atoms with Gasteiger partial charge in [0.2, 0.25) is 5.91 Å². The maximum Gasteiger partial charge on any atom is 0.417 e. The number of fused-ring (bicyclic) bond motifs is 1. The number of carbonyl (C=O) groups is 2. The zero-order valence-electron chi connectivity index (χ0n) is 17.0. The topological polar surface area (TPSA) is 64.7 Å². The van der Waals surface area contributed by atoms with Gasteiger partial charge in [-0.15, -0.1) is 0 Å². The molecule has 0 saturated carbocycles. The van der Waals surface area contributed by atoms with E-state index in [0.717, 1.165) is 23.3 Å². The Labute approximate surface area is 187 Å². The molecule has 2 aliphatic rings. The van der Waals surface area contributed by atoms with Crippen molar-refractivity contribution >= 4 is 29.1 Å². The predicted octanol–water partition coefficient (Wildman–Crippen LogP) is 4.24. The van der Waals surface area contributed by atoms with Gasteiger partial charge in [0.25, 0.3) is 5.91 Å². The van der Waals surface area contributed by atoms with Gasteiger partial charge in [0, 0.05) is 18.1 Å². The maximum atomic E-state index is 13.0. The lowest BCUT2D eigenvalue weighted by molar-refractivity contribution is -0.137. The first-order chi connectivity index (χ1) is 15.1. The molecule has 4 rings (SSSR count). The Hall–Kier alpha value is -3.04. The largest absolute Gasteiger partial charge is 0.417 e. The highest BCUT2D eigenvalue weighted by atomic mass is 35.5. The SMILES string of the molecule is Cc1ccc(C2CC3C(=O)N(CC(=O)Nc4ccc(Cl)c(C(F)(F)F)c4)C=CN3N2)cc1. The first-order valence-electron chi connectivity index (χ1n) is 9.88. The van der Waals surface area contributed by atoms with E-state index < -0.39 is 28.7 Å². The summed E-state index contributed by atoms with van der Waals surface area (Å²) in [6.07, 6.45) is -0.962. The average molecular weight is 465 g/mol. The fraction of sp³-hybridized carbons (Fsp3) is 0.273. The fourth-order valence-corrected chi connectivity index (χ4v) is 3.98. The van der Waals surface area contributed by atoms with Crippen LogP contribution in [0.15, 0.2) is 54.9 Å². The minimum atomic E-state index is -4.64. The van der Waals surface area contributed by atoms with Crippen LogP contribution in [0.2, 0.25) is 5.02 Å². The summed E-state index contributed by atoms with van der Waals surface area (Å²) in [4.78, 5) is 26.6. The Kier molecular flexibility index (Phi) is 5.87. The van der Waals surface area contributed by atoms with Gasteiger partial charge >= 0.3 is 6.18 Å². The molecule has 2 heterocycles. The second-order valence-electron chi connectivity index (χ2n) is 7.76. The van der Waals surface area contributed by atoms with Gasteiger partial charge in [-0.25, -0.2) is 5.43 Å². The molecule has 2 aromatic rings. The van der Waals surface area contributed by atoms with Crippen molar-refractivity contribution in [3.8, 4) is 0 Å². The lowest BCUT2D eigenvalue weighted by Crippen LogP contribution is -2.49. The number of halogens is 4. The lowest BCUT2D eigenvalue weighted by atomic mass is 10.00. The minimum Gasteiger partial charge on any atom is -0.325 e. The van der Waals surface area contributed by atoms with Gasteiger partial charge in [0.05, 0.1) is 16.6 Å². The van der Waals surface area contributed by atoms with Crippen LogP contribution >= 0.6 is 11.6 Å². The van der Waals surface area contributed by atoms with E-state index in [0.29, 0.717) is 6.42 Å². The van der Waals surface area contributed by atoms with Gasteiger partial charge in [0.1, 0.15) is 12.6 Å². The molecule has 2 aromatic carbocycles. The molecule has 1 fully saturated rings. The van der Waals surface area contributed by atoms with E-state index in [9.17, 15) is 22.8 Å². The first kappa shape index (κ1) is 22.2. The normalized spacial score (nSPS) is 20.5. The molecule has 0 radical (unpaired) electrons. The maximum absolute atomic E-state index is 13.0. The second kappa shape index (κ2) is 8.48. The smallest absolute Gasteiger partial charge is 0.325 e. The molecule has 2 atom stereocenters. The fourth-order valence-electron chi connectivity index (χ4n) is 3.76. The van der Waals surface area contributed by atoms with Crippen LogP contribution in [-0.2, 0) is 15.8 Å². The molecule has 1 saturated heterocycles. The van der Waals surface area contributed by atoms with Crippen molar-refractivity contribution in [2.45, 2.75) is 31.6 Å². The third kappa shape index (κ3) is 4.58. The van der Waals surface area contributed by atoms with Crippen LogP contribution in [0, 0.1) is 6.92 Å².